The van der Waals surface area contributed by atoms with Crippen molar-refractivity contribution in [1.29, 1.82) is 0 Å². The zero-order chi connectivity index (χ0) is 15.7. The van der Waals surface area contributed by atoms with Crippen LogP contribution in [0.15, 0.2) is 24.5 Å². The number of amides is 1. The summed E-state index contributed by atoms with van der Waals surface area (Å²) in [5, 5.41) is 11.2. The van der Waals surface area contributed by atoms with Gasteiger partial charge in [0.25, 0.3) is 11.7 Å². The number of aryl methyl sites for hydroxylation is 2. The van der Waals surface area contributed by atoms with E-state index in [-0.39, 0.29) is 17.8 Å². The highest BCUT2D eigenvalue weighted by Gasteiger charge is 2.17. The van der Waals surface area contributed by atoms with Crippen LogP contribution in [0, 0.1) is 13.8 Å². The number of aromatic nitrogens is 6. The Balaban J connectivity index is 1.76. The molecule has 1 N–H and O–H groups in total. The summed E-state index contributed by atoms with van der Waals surface area (Å²) in [6.45, 7) is 6.28. The SMILES string of the molecule is Cc1cc(C)n2nc(C(=O)N[C@H](C)Cn3cccn3)nc2n1. The van der Waals surface area contributed by atoms with Crippen LogP contribution in [0.4, 0.5) is 0 Å². The highest BCUT2D eigenvalue weighted by molar-refractivity contribution is 5.91. The number of hydrogen-bond acceptors (Lipinski definition) is 5. The van der Waals surface area contributed by atoms with Crippen molar-refractivity contribution in [2.75, 3.05) is 0 Å². The van der Waals surface area contributed by atoms with Gasteiger partial charge in [0.2, 0.25) is 5.82 Å². The van der Waals surface area contributed by atoms with E-state index in [1.165, 1.54) is 0 Å². The predicted molar refractivity (Wildman–Crippen MR) is 79.4 cm³/mol. The molecule has 0 aliphatic heterocycles. The Kier molecular flexibility index (Phi) is 3.58. The third-order valence-electron chi connectivity index (χ3n) is 3.22. The van der Waals surface area contributed by atoms with Gasteiger partial charge in [-0.1, -0.05) is 0 Å². The standard InChI is InChI=1S/C14H17N7O/c1-9-7-11(3)21-14(17-9)18-12(19-21)13(22)16-10(2)8-20-6-4-5-15-20/h4-7,10H,8H2,1-3H3,(H,16,22)/t10-/m1/s1. The summed E-state index contributed by atoms with van der Waals surface area (Å²) >= 11 is 0. The van der Waals surface area contributed by atoms with Crippen molar-refractivity contribution in [3.8, 4) is 0 Å². The van der Waals surface area contributed by atoms with Crippen molar-refractivity contribution in [3.63, 3.8) is 0 Å². The molecule has 0 spiro atoms. The highest BCUT2D eigenvalue weighted by atomic mass is 16.2. The first-order chi connectivity index (χ1) is 10.5. The Hall–Kier alpha value is -2.77. The van der Waals surface area contributed by atoms with Gasteiger partial charge < -0.3 is 5.32 Å². The molecule has 8 nitrogen and oxygen atoms in total. The molecule has 3 aromatic heterocycles. The summed E-state index contributed by atoms with van der Waals surface area (Å²) in [7, 11) is 0. The van der Waals surface area contributed by atoms with Gasteiger partial charge in [0.1, 0.15) is 0 Å². The Morgan fingerprint density at radius 2 is 2.18 bits per heavy atom. The molecule has 114 valence electrons. The molecule has 0 fully saturated rings. The quantitative estimate of drug-likeness (QED) is 0.768. The zero-order valence-electron chi connectivity index (χ0n) is 12.7. The first-order valence-corrected chi connectivity index (χ1v) is 7.02. The molecule has 3 rings (SSSR count). The molecular formula is C14H17N7O. The van der Waals surface area contributed by atoms with Crippen molar-refractivity contribution in [2.45, 2.75) is 33.4 Å². The number of rotatable bonds is 4. The second-order valence-corrected chi connectivity index (χ2v) is 5.29. The van der Waals surface area contributed by atoms with Crippen LogP contribution in [-0.2, 0) is 6.54 Å². The largest absolute Gasteiger partial charge is 0.345 e. The first kappa shape index (κ1) is 14.2. The van der Waals surface area contributed by atoms with Crippen LogP contribution < -0.4 is 5.32 Å². The fourth-order valence-corrected chi connectivity index (χ4v) is 2.29. The van der Waals surface area contributed by atoms with E-state index >= 15 is 0 Å². The van der Waals surface area contributed by atoms with Crippen molar-refractivity contribution in [3.05, 3.63) is 41.7 Å². The lowest BCUT2D eigenvalue weighted by Gasteiger charge is -2.12. The molecule has 0 bridgehead atoms. The maximum Gasteiger partial charge on any atom is 0.291 e. The second kappa shape index (κ2) is 5.55. The van der Waals surface area contributed by atoms with Crippen molar-refractivity contribution < 1.29 is 4.79 Å². The molecule has 0 unspecified atom stereocenters. The van der Waals surface area contributed by atoms with Crippen molar-refractivity contribution in [1.82, 2.24) is 34.7 Å². The molecule has 1 amide bonds. The smallest absolute Gasteiger partial charge is 0.291 e. The lowest BCUT2D eigenvalue weighted by Crippen LogP contribution is -2.36. The molecule has 3 aromatic rings. The number of carbonyl (C=O) groups is 1. The molecule has 0 aromatic carbocycles. The monoisotopic (exact) mass is 299 g/mol. The first-order valence-electron chi connectivity index (χ1n) is 7.02. The van der Waals surface area contributed by atoms with E-state index in [0.717, 1.165) is 11.4 Å². The summed E-state index contributed by atoms with van der Waals surface area (Å²) in [6.07, 6.45) is 3.55. The van der Waals surface area contributed by atoms with Crippen LogP contribution in [0.25, 0.3) is 5.78 Å². The predicted octanol–water partition coefficient (Wildman–Crippen LogP) is 0.756. The van der Waals surface area contributed by atoms with E-state index in [9.17, 15) is 4.79 Å². The molecule has 1 atom stereocenters. The van der Waals surface area contributed by atoms with Crippen molar-refractivity contribution in [2.24, 2.45) is 0 Å². The normalized spacial score (nSPS) is 12.5. The van der Waals surface area contributed by atoms with Crippen molar-refractivity contribution >= 4 is 11.7 Å². The third kappa shape index (κ3) is 2.80. The van der Waals surface area contributed by atoms with Gasteiger partial charge in [-0.15, -0.1) is 5.10 Å². The molecule has 0 radical (unpaired) electrons. The molecule has 0 saturated heterocycles. The van der Waals surface area contributed by atoms with Gasteiger partial charge >= 0.3 is 0 Å². The van der Waals surface area contributed by atoms with Crippen LogP contribution in [0.2, 0.25) is 0 Å². The molecule has 3 heterocycles. The minimum Gasteiger partial charge on any atom is -0.345 e. The average Bonchev–Trinajstić information content (AvgIpc) is 3.07. The number of fused-ring (bicyclic) bond motifs is 1. The van der Waals surface area contributed by atoms with E-state index in [0.29, 0.717) is 12.3 Å². The van der Waals surface area contributed by atoms with E-state index < -0.39 is 0 Å². The molecular weight excluding hydrogens is 282 g/mol. The van der Waals surface area contributed by atoms with Crippen LogP contribution in [0.5, 0.6) is 0 Å². The summed E-state index contributed by atoms with van der Waals surface area (Å²) in [5.41, 5.74) is 1.73. The van der Waals surface area contributed by atoms with Crippen LogP contribution in [-0.4, -0.2) is 41.3 Å². The lowest BCUT2D eigenvalue weighted by atomic mass is 10.3. The van der Waals surface area contributed by atoms with Gasteiger partial charge in [-0.05, 0) is 32.9 Å². The topological polar surface area (TPSA) is 90.0 Å². The molecule has 0 aliphatic rings. The van der Waals surface area contributed by atoms with E-state index in [1.807, 2.05) is 39.1 Å². The minimum atomic E-state index is -0.317. The number of nitrogens with zero attached hydrogens (tertiary/aromatic N) is 6. The molecule has 0 aliphatic carbocycles. The Bertz CT molecular complexity index is 806. The fourth-order valence-electron chi connectivity index (χ4n) is 2.29. The lowest BCUT2D eigenvalue weighted by molar-refractivity contribution is 0.0925. The Morgan fingerprint density at radius 3 is 2.91 bits per heavy atom. The molecule has 22 heavy (non-hydrogen) atoms. The van der Waals surface area contributed by atoms with Gasteiger partial charge in [-0.25, -0.2) is 9.50 Å². The van der Waals surface area contributed by atoms with E-state index in [4.69, 9.17) is 0 Å². The average molecular weight is 299 g/mol. The summed E-state index contributed by atoms with van der Waals surface area (Å²) in [5.74, 6) is 0.234. The molecule has 8 heteroatoms. The highest BCUT2D eigenvalue weighted by Crippen LogP contribution is 2.05. The summed E-state index contributed by atoms with van der Waals surface area (Å²) in [6, 6.07) is 3.65. The molecule has 0 saturated carbocycles. The van der Waals surface area contributed by atoms with Crippen LogP contribution in [0.1, 0.15) is 28.9 Å². The second-order valence-electron chi connectivity index (χ2n) is 5.29. The van der Waals surface area contributed by atoms with Gasteiger partial charge in [0, 0.05) is 29.8 Å². The number of nitrogens with one attached hydrogen (secondary N) is 1. The van der Waals surface area contributed by atoms with E-state index in [1.54, 1.807) is 15.4 Å². The van der Waals surface area contributed by atoms with Crippen LogP contribution >= 0.6 is 0 Å². The zero-order valence-corrected chi connectivity index (χ0v) is 12.7. The number of carbonyl (C=O) groups excluding carboxylic acids is 1. The summed E-state index contributed by atoms with van der Waals surface area (Å²) in [4.78, 5) is 20.7. The van der Waals surface area contributed by atoms with Gasteiger partial charge in [0.15, 0.2) is 0 Å². The third-order valence-corrected chi connectivity index (χ3v) is 3.22. The maximum atomic E-state index is 12.2. The fraction of sp³-hybridized carbons (Fsp3) is 0.357. The summed E-state index contributed by atoms with van der Waals surface area (Å²) < 4.78 is 3.33. The Morgan fingerprint density at radius 1 is 1.36 bits per heavy atom. The number of hydrogen-bond donors (Lipinski definition) is 1. The van der Waals surface area contributed by atoms with Crippen LogP contribution in [0.3, 0.4) is 0 Å². The maximum absolute atomic E-state index is 12.2. The minimum absolute atomic E-state index is 0.0881. The Labute approximate surface area is 127 Å². The van der Waals surface area contributed by atoms with Gasteiger partial charge in [0.05, 0.1) is 6.54 Å². The van der Waals surface area contributed by atoms with Gasteiger partial charge in [-0.3, -0.25) is 9.48 Å². The van der Waals surface area contributed by atoms with Gasteiger partial charge in [-0.2, -0.15) is 10.1 Å². The van der Waals surface area contributed by atoms with E-state index in [2.05, 4.69) is 25.5 Å².